The fourth-order valence-corrected chi connectivity index (χ4v) is 3.26. The van der Waals surface area contributed by atoms with Crippen LogP contribution in [0.3, 0.4) is 0 Å². The van der Waals surface area contributed by atoms with Crippen LogP contribution < -0.4 is 15.5 Å². The summed E-state index contributed by atoms with van der Waals surface area (Å²) in [5.74, 6) is 0.892. The van der Waals surface area contributed by atoms with Gasteiger partial charge >= 0.3 is 0 Å². The molecule has 1 aliphatic heterocycles. The number of rotatable bonds is 3. The van der Waals surface area contributed by atoms with Gasteiger partial charge in [-0.1, -0.05) is 24.3 Å². The van der Waals surface area contributed by atoms with E-state index in [2.05, 4.69) is 57.9 Å². The molecule has 23 heavy (non-hydrogen) atoms. The molecular formula is C18H27IN4. The van der Waals surface area contributed by atoms with Crippen molar-refractivity contribution < 1.29 is 0 Å². The van der Waals surface area contributed by atoms with E-state index in [1.165, 1.54) is 29.7 Å². The fraction of sp³-hybridized carbons (Fsp3) is 0.500. The van der Waals surface area contributed by atoms with Gasteiger partial charge in [-0.3, -0.25) is 4.99 Å². The third-order valence-corrected chi connectivity index (χ3v) is 4.53. The third-order valence-electron chi connectivity index (χ3n) is 4.53. The Labute approximate surface area is 156 Å². The molecule has 1 aromatic carbocycles. The van der Waals surface area contributed by atoms with Crippen molar-refractivity contribution in [3.8, 4) is 0 Å². The molecule has 0 bridgehead atoms. The molecule has 1 aromatic rings. The zero-order chi connectivity index (χ0) is 15.4. The SMILES string of the molecule is CN=C(NCc1ccc2c(c1)CCCN2C)NC1CC=CC1.I. The van der Waals surface area contributed by atoms with E-state index in [0.717, 1.165) is 31.9 Å². The molecule has 2 aliphatic rings. The van der Waals surface area contributed by atoms with Crippen LogP contribution >= 0.6 is 24.0 Å². The molecule has 0 radical (unpaired) electrons. The molecule has 2 N–H and O–H groups in total. The smallest absolute Gasteiger partial charge is 0.191 e. The summed E-state index contributed by atoms with van der Waals surface area (Å²) in [6.45, 7) is 1.98. The summed E-state index contributed by atoms with van der Waals surface area (Å²) >= 11 is 0. The number of hydrogen-bond donors (Lipinski definition) is 2. The molecule has 0 aromatic heterocycles. The molecular weight excluding hydrogens is 399 g/mol. The zero-order valence-corrected chi connectivity index (χ0v) is 16.3. The van der Waals surface area contributed by atoms with Crippen molar-refractivity contribution in [1.82, 2.24) is 10.6 Å². The molecule has 3 rings (SSSR count). The van der Waals surface area contributed by atoms with Gasteiger partial charge in [-0.2, -0.15) is 0 Å². The molecule has 1 heterocycles. The average Bonchev–Trinajstić information content (AvgIpc) is 3.04. The van der Waals surface area contributed by atoms with Gasteiger partial charge in [-0.05, 0) is 42.9 Å². The molecule has 0 amide bonds. The zero-order valence-electron chi connectivity index (χ0n) is 14.0. The van der Waals surface area contributed by atoms with Gasteiger partial charge in [0.15, 0.2) is 5.96 Å². The van der Waals surface area contributed by atoms with Crippen molar-refractivity contribution in [3.63, 3.8) is 0 Å². The number of hydrogen-bond acceptors (Lipinski definition) is 2. The van der Waals surface area contributed by atoms with Gasteiger partial charge in [0.1, 0.15) is 0 Å². The minimum Gasteiger partial charge on any atom is -0.374 e. The number of benzene rings is 1. The van der Waals surface area contributed by atoms with Gasteiger partial charge in [0, 0.05) is 38.9 Å². The lowest BCUT2D eigenvalue weighted by Gasteiger charge is -2.28. The molecule has 0 fully saturated rings. The van der Waals surface area contributed by atoms with Gasteiger partial charge in [-0.15, -0.1) is 24.0 Å². The second-order valence-electron chi connectivity index (χ2n) is 6.20. The number of nitrogens with zero attached hydrogens (tertiary/aromatic N) is 2. The summed E-state index contributed by atoms with van der Waals surface area (Å²) < 4.78 is 0. The van der Waals surface area contributed by atoms with E-state index in [0.29, 0.717) is 6.04 Å². The number of aliphatic imine (C=N–C) groups is 1. The fourth-order valence-electron chi connectivity index (χ4n) is 3.26. The lowest BCUT2D eigenvalue weighted by Crippen LogP contribution is -2.42. The summed E-state index contributed by atoms with van der Waals surface area (Å²) in [5, 5.41) is 6.90. The van der Waals surface area contributed by atoms with Crippen LogP contribution in [0.2, 0.25) is 0 Å². The van der Waals surface area contributed by atoms with Crippen LogP contribution in [0.25, 0.3) is 0 Å². The highest BCUT2D eigenvalue weighted by Crippen LogP contribution is 2.26. The molecule has 0 saturated heterocycles. The summed E-state index contributed by atoms with van der Waals surface area (Å²) in [6, 6.07) is 7.30. The lowest BCUT2D eigenvalue weighted by atomic mass is 9.99. The Kier molecular flexibility index (Phi) is 6.74. The van der Waals surface area contributed by atoms with Crippen LogP contribution in [0.4, 0.5) is 5.69 Å². The van der Waals surface area contributed by atoms with E-state index in [4.69, 9.17) is 0 Å². The first-order chi connectivity index (χ1) is 10.8. The minimum atomic E-state index is 0. The van der Waals surface area contributed by atoms with Crippen LogP contribution in [0.5, 0.6) is 0 Å². The third kappa shape index (κ3) is 4.62. The van der Waals surface area contributed by atoms with Crippen molar-refractivity contribution in [1.29, 1.82) is 0 Å². The first-order valence-corrected chi connectivity index (χ1v) is 8.21. The largest absolute Gasteiger partial charge is 0.374 e. The number of halogens is 1. The van der Waals surface area contributed by atoms with E-state index in [1.54, 1.807) is 0 Å². The van der Waals surface area contributed by atoms with E-state index >= 15 is 0 Å². The highest BCUT2D eigenvalue weighted by molar-refractivity contribution is 14.0. The van der Waals surface area contributed by atoms with Gasteiger partial charge in [0.25, 0.3) is 0 Å². The van der Waals surface area contributed by atoms with E-state index in [9.17, 15) is 0 Å². The maximum Gasteiger partial charge on any atom is 0.191 e. The molecule has 0 saturated carbocycles. The molecule has 0 unspecified atom stereocenters. The van der Waals surface area contributed by atoms with Crippen molar-refractivity contribution in [2.45, 2.75) is 38.3 Å². The summed E-state index contributed by atoms with van der Waals surface area (Å²) in [7, 11) is 4.01. The Bertz CT molecular complexity index is 574. The van der Waals surface area contributed by atoms with Crippen molar-refractivity contribution in [2.75, 3.05) is 25.5 Å². The standard InChI is InChI=1S/C18H26N4.HI/c1-19-18(21-16-7-3-4-8-16)20-13-14-9-10-17-15(12-14)6-5-11-22(17)2;/h3-4,9-10,12,16H,5-8,11,13H2,1-2H3,(H2,19,20,21);1H. The van der Waals surface area contributed by atoms with Crippen LogP contribution in [-0.4, -0.2) is 32.6 Å². The maximum absolute atomic E-state index is 4.32. The summed E-state index contributed by atoms with van der Waals surface area (Å²) in [6.07, 6.45) is 9.07. The Morgan fingerprint density at radius 3 is 2.83 bits per heavy atom. The number of nitrogens with one attached hydrogen (secondary N) is 2. The van der Waals surface area contributed by atoms with Crippen LogP contribution in [0.15, 0.2) is 35.3 Å². The van der Waals surface area contributed by atoms with Gasteiger partial charge in [-0.25, -0.2) is 0 Å². The van der Waals surface area contributed by atoms with E-state index < -0.39 is 0 Å². The summed E-state index contributed by atoms with van der Waals surface area (Å²) in [4.78, 5) is 6.68. The number of guanidine groups is 1. The molecule has 1 aliphatic carbocycles. The van der Waals surface area contributed by atoms with Crippen molar-refractivity contribution >= 4 is 35.6 Å². The number of fused-ring (bicyclic) bond motifs is 1. The Morgan fingerprint density at radius 2 is 2.09 bits per heavy atom. The van der Waals surface area contributed by atoms with Crippen molar-refractivity contribution in [2.24, 2.45) is 4.99 Å². The monoisotopic (exact) mass is 426 g/mol. The summed E-state index contributed by atoms with van der Waals surface area (Å²) in [5.41, 5.74) is 4.17. The minimum absolute atomic E-state index is 0. The molecule has 0 atom stereocenters. The van der Waals surface area contributed by atoms with Crippen molar-refractivity contribution in [3.05, 3.63) is 41.5 Å². The Morgan fingerprint density at radius 1 is 1.30 bits per heavy atom. The maximum atomic E-state index is 4.32. The van der Waals surface area contributed by atoms with Gasteiger partial charge < -0.3 is 15.5 Å². The molecule has 5 heteroatoms. The highest BCUT2D eigenvalue weighted by atomic mass is 127. The average molecular weight is 426 g/mol. The predicted molar refractivity (Wildman–Crippen MR) is 109 cm³/mol. The quantitative estimate of drug-likeness (QED) is 0.338. The predicted octanol–water partition coefficient (Wildman–Crippen LogP) is 3.07. The second-order valence-corrected chi connectivity index (χ2v) is 6.20. The topological polar surface area (TPSA) is 39.7 Å². The van der Waals surface area contributed by atoms with Crippen LogP contribution in [0, 0.1) is 0 Å². The van der Waals surface area contributed by atoms with Gasteiger partial charge in [0.2, 0.25) is 0 Å². The first kappa shape index (κ1) is 18.1. The van der Waals surface area contributed by atoms with Crippen LogP contribution in [0.1, 0.15) is 30.4 Å². The first-order valence-electron chi connectivity index (χ1n) is 8.21. The molecule has 0 spiro atoms. The van der Waals surface area contributed by atoms with Gasteiger partial charge in [0.05, 0.1) is 0 Å². The number of anilines is 1. The second kappa shape index (κ2) is 8.57. The lowest BCUT2D eigenvalue weighted by molar-refractivity contribution is 0.633. The van der Waals surface area contributed by atoms with E-state index in [-0.39, 0.29) is 24.0 Å². The number of aryl methyl sites for hydroxylation is 1. The van der Waals surface area contributed by atoms with Crippen LogP contribution in [-0.2, 0) is 13.0 Å². The highest BCUT2D eigenvalue weighted by Gasteiger charge is 2.14. The molecule has 4 nitrogen and oxygen atoms in total. The molecule has 126 valence electrons. The normalized spacial score (nSPS) is 17.7. The Balaban J connectivity index is 0.00000192. The Hall–Kier alpha value is -1.24. The van der Waals surface area contributed by atoms with E-state index in [1.807, 2.05) is 7.05 Å².